The minimum atomic E-state index is -0.863. The van der Waals surface area contributed by atoms with E-state index in [-0.39, 0.29) is 16.9 Å². The van der Waals surface area contributed by atoms with Crippen molar-refractivity contribution in [2.24, 2.45) is 0 Å². The zero-order valence-electron chi connectivity index (χ0n) is 16.0. The number of rotatable bonds is 3. The third kappa shape index (κ3) is 3.46. The molecule has 1 amide bonds. The van der Waals surface area contributed by atoms with Gasteiger partial charge in [0.05, 0.1) is 17.3 Å². The minimum Gasteiger partial charge on any atom is -0.507 e. The molecule has 4 rings (SSSR count). The molecule has 0 spiro atoms. The molecular weight excluding hydrogens is 471 g/mol. The Morgan fingerprint density at radius 2 is 1.87 bits per heavy atom. The molecule has 1 N–H and O–H groups in total. The number of anilines is 1. The van der Waals surface area contributed by atoms with E-state index in [1.165, 1.54) is 40.5 Å². The molecule has 1 aliphatic heterocycles. The van der Waals surface area contributed by atoms with Crippen molar-refractivity contribution in [3.05, 3.63) is 86.1 Å². The molecule has 0 radical (unpaired) electrons. The Kier molecular flexibility index (Phi) is 5.29. The quantitative estimate of drug-likeness (QED) is 0.310. The molecule has 1 saturated heterocycles. The molecule has 152 valence electrons. The van der Waals surface area contributed by atoms with Gasteiger partial charge in [0.25, 0.3) is 5.78 Å². The maximum absolute atomic E-state index is 13.3. The number of aryl methyl sites for hydroxylation is 2. The second-order valence-corrected chi connectivity index (χ2v) is 8.97. The first-order valence-corrected chi connectivity index (χ1v) is 10.7. The fourth-order valence-electron chi connectivity index (χ4n) is 3.34. The Bertz CT molecular complexity index is 1180. The van der Waals surface area contributed by atoms with E-state index in [2.05, 4.69) is 20.9 Å². The Labute approximate surface area is 184 Å². The van der Waals surface area contributed by atoms with E-state index < -0.39 is 23.5 Å². The zero-order valence-corrected chi connectivity index (χ0v) is 18.4. The standard InChI is InChI=1S/C22H16BrFN2O3S/c1-11-12(2)30-22(25-11)26-18(14-4-3-5-15(23)10-14)17(20(28)21(26)29)19(27)13-6-8-16(24)9-7-13/h3-10,18,27H,1-2H3/t18-/m1/s1. The number of hydrogen-bond donors (Lipinski definition) is 1. The monoisotopic (exact) mass is 486 g/mol. The molecule has 1 fully saturated rings. The van der Waals surface area contributed by atoms with Gasteiger partial charge in [0.1, 0.15) is 11.6 Å². The van der Waals surface area contributed by atoms with Gasteiger partial charge < -0.3 is 5.11 Å². The first kappa shape index (κ1) is 20.4. The number of aromatic nitrogens is 1. The van der Waals surface area contributed by atoms with Crippen molar-refractivity contribution < 1.29 is 19.1 Å². The van der Waals surface area contributed by atoms with Crippen LogP contribution in [0.5, 0.6) is 0 Å². The van der Waals surface area contributed by atoms with Gasteiger partial charge in [-0.2, -0.15) is 0 Å². The molecule has 1 aliphatic rings. The molecule has 5 nitrogen and oxygen atoms in total. The molecule has 30 heavy (non-hydrogen) atoms. The lowest BCUT2D eigenvalue weighted by Crippen LogP contribution is -2.29. The SMILES string of the molecule is Cc1nc(N2C(=O)C(=O)C(=C(O)c3ccc(F)cc3)[C@H]2c2cccc(Br)c2)sc1C. The largest absolute Gasteiger partial charge is 0.507 e. The number of hydrogen-bond acceptors (Lipinski definition) is 5. The molecule has 2 heterocycles. The summed E-state index contributed by atoms with van der Waals surface area (Å²) in [6.07, 6.45) is 0. The summed E-state index contributed by atoms with van der Waals surface area (Å²) in [5.41, 5.74) is 1.59. The number of ketones is 1. The Balaban J connectivity index is 1.96. The van der Waals surface area contributed by atoms with Crippen molar-refractivity contribution in [2.75, 3.05) is 4.90 Å². The number of benzene rings is 2. The number of aliphatic hydroxyl groups excluding tert-OH is 1. The number of aliphatic hydroxyl groups is 1. The van der Waals surface area contributed by atoms with Crippen molar-refractivity contribution in [2.45, 2.75) is 19.9 Å². The van der Waals surface area contributed by atoms with E-state index in [1.807, 2.05) is 19.9 Å². The average molecular weight is 487 g/mol. The van der Waals surface area contributed by atoms with Gasteiger partial charge in [-0.1, -0.05) is 28.1 Å². The predicted molar refractivity (Wildman–Crippen MR) is 117 cm³/mol. The first-order valence-electron chi connectivity index (χ1n) is 9.04. The third-order valence-electron chi connectivity index (χ3n) is 4.95. The van der Waals surface area contributed by atoms with Crippen LogP contribution in [0.15, 0.2) is 58.6 Å². The van der Waals surface area contributed by atoms with Crippen molar-refractivity contribution in [1.29, 1.82) is 0 Å². The summed E-state index contributed by atoms with van der Waals surface area (Å²) in [4.78, 5) is 32.7. The Morgan fingerprint density at radius 1 is 1.17 bits per heavy atom. The summed E-state index contributed by atoms with van der Waals surface area (Å²) in [6.45, 7) is 3.72. The van der Waals surface area contributed by atoms with Crippen molar-refractivity contribution in [1.82, 2.24) is 4.98 Å². The van der Waals surface area contributed by atoms with Crippen LogP contribution in [0.4, 0.5) is 9.52 Å². The maximum atomic E-state index is 13.3. The zero-order chi connectivity index (χ0) is 21.6. The van der Waals surface area contributed by atoms with Crippen LogP contribution < -0.4 is 4.90 Å². The fraction of sp³-hybridized carbons (Fsp3) is 0.136. The van der Waals surface area contributed by atoms with E-state index in [0.717, 1.165) is 15.0 Å². The van der Waals surface area contributed by atoms with Gasteiger partial charge in [0, 0.05) is 14.9 Å². The van der Waals surface area contributed by atoms with Crippen LogP contribution in [0.2, 0.25) is 0 Å². The first-order chi connectivity index (χ1) is 14.3. The highest BCUT2D eigenvalue weighted by Gasteiger charge is 2.48. The Hall–Kier alpha value is -2.84. The molecule has 2 aromatic carbocycles. The van der Waals surface area contributed by atoms with Crippen LogP contribution in [0.1, 0.15) is 27.7 Å². The normalized spacial score (nSPS) is 18.3. The summed E-state index contributed by atoms with van der Waals surface area (Å²) in [5.74, 6) is -2.40. The van der Waals surface area contributed by atoms with Crippen LogP contribution >= 0.6 is 27.3 Å². The number of carbonyl (C=O) groups excluding carboxylic acids is 2. The lowest BCUT2D eigenvalue weighted by Gasteiger charge is -2.23. The molecule has 0 bridgehead atoms. The molecule has 8 heteroatoms. The molecule has 1 atom stereocenters. The number of nitrogens with zero attached hydrogens (tertiary/aromatic N) is 2. The van der Waals surface area contributed by atoms with Crippen LogP contribution in [-0.2, 0) is 9.59 Å². The summed E-state index contributed by atoms with van der Waals surface area (Å²) < 4.78 is 14.1. The topological polar surface area (TPSA) is 70.5 Å². The summed E-state index contributed by atoms with van der Waals surface area (Å²) in [6, 6.07) is 11.4. The van der Waals surface area contributed by atoms with Crippen molar-refractivity contribution >= 4 is 49.8 Å². The van der Waals surface area contributed by atoms with Gasteiger partial charge >= 0.3 is 5.91 Å². The van der Waals surface area contributed by atoms with Crippen LogP contribution in [0.25, 0.3) is 5.76 Å². The van der Waals surface area contributed by atoms with Crippen molar-refractivity contribution in [3.8, 4) is 0 Å². The Morgan fingerprint density at radius 3 is 2.47 bits per heavy atom. The summed E-state index contributed by atoms with van der Waals surface area (Å²) in [7, 11) is 0. The molecule has 3 aromatic rings. The second-order valence-electron chi connectivity index (χ2n) is 6.87. The minimum absolute atomic E-state index is 0.0600. The highest BCUT2D eigenvalue weighted by atomic mass is 79.9. The number of Topliss-reactive ketones (excluding diaryl/α,β-unsaturated/α-hetero) is 1. The average Bonchev–Trinajstić information content (AvgIpc) is 3.18. The van der Waals surface area contributed by atoms with Gasteiger partial charge in [-0.3, -0.25) is 14.5 Å². The predicted octanol–water partition coefficient (Wildman–Crippen LogP) is 5.29. The van der Waals surface area contributed by atoms with Gasteiger partial charge in [-0.05, 0) is 55.8 Å². The van der Waals surface area contributed by atoms with E-state index in [1.54, 1.807) is 18.2 Å². The van der Waals surface area contributed by atoms with Crippen LogP contribution in [0, 0.1) is 19.7 Å². The maximum Gasteiger partial charge on any atom is 0.301 e. The third-order valence-corrected chi connectivity index (χ3v) is 6.52. The lowest BCUT2D eigenvalue weighted by molar-refractivity contribution is -0.132. The molecular formula is C22H16BrFN2O3S. The smallest absolute Gasteiger partial charge is 0.301 e. The van der Waals surface area contributed by atoms with E-state index in [4.69, 9.17) is 0 Å². The van der Waals surface area contributed by atoms with E-state index in [9.17, 15) is 19.1 Å². The highest BCUT2D eigenvalue weighted by molar-refractivity contribution is 9.10. The number of thiazole rings is 1. The molecule has 1 aromatic heterocycles. The van der Waals surface area contributed by atoms with E-state index in [0.29, 0.717) is 10.7 Å². The molecule has 0 unspecified atom stereocenters. The highest BCUT2D eigenvalue weighted by Crippen LogP contribution is 2.44. The van der Waals surface area contributed by atoms with Crippen LogP contribution in [0.3, 0.4) is 0 Å². The lowest BCUT2D eigenvalue weighted by atomic mass is 9.95. The van der Waals surface area contributed by atoms with Gasteiger partial charge in [-0.25, -0.2) is 9.37 Å². The summed E-state index contributed by atoms with van der Waals surface area (Å²) in [5, 5.41) is 11.3. The number of amides is 1. The second kappa shape index (κ2) is 7.77. The van der Waals surface area contributed by atoms with Gasteiger partial charge in [0.2, 0.25) is 0 Å². The number of carbonyl (C=O) groups is 2. The molecule has 0 aliphatic carbocycles. The number of halogens is 2. The van der Waals surface area contributed by atoms with Crippen molar-refractivity contribution in [3.63, 3.8) is 0 Å². The fourth-order valence-corrected chi connectivity index (χ4v) is 4.70. The summed E-state index contributed by atoms with van der Waals surface area (Å²) >= 11 is 4.73. The molecule has 0 saturated carbocycles. The van der Waals surface area contributed by atoms with E-state index >= 15 is 0 Å². The van der Waals surface area contributed by atoms with Crippen LogP contribution in [-0.4, -0.2) is 21.8 Å². The van der Waals surface area contributed by atoms with Gasteiger partial charge in [0.15, 0.2) is 5.13 Å². The van der Waals surface area contributed by atoms with Gasteiger partial charge in [-0.15, -0.1) is 11.3 Å².